The van der Waals surface area contributed by atoms with E-state index in [1.54, 1.807) is 18.5 Å². The molecule has 2 aromatic rings. The van der Waals surface area contributed by atoms with Gasteiger partial charge in [-0.1, -0.05) is 6.07 Å². The highest BCUT2D eigenvalue weighted by Gasteiger charge is 2.11. The van der Waals surface area contributed by atoms with E-state index in [0.29, 0.717) is 30.8 Å². The summed E-state index contributed by atoms with van der Waals surface area (Å²) in [6.45, 7) is 1.75. The van der Waals surface area contributed by atoms with E-state index in [-0.39, 0.29) is 0 Å². The summed E-state index contributed by atoms with van der Waals surface area (Å²) in [5, 5.41) is 6.48. The van der Waals surface area contributed by atoms with Crippen molar-refractivity contribution in [1.29, 1.82) is 0 Å². The Hall–Kier alpha value is -2.41. The molecule has 21 heavy (non-hydrogen) atoms. The molecule has 108 valence electrons. The molecule has 0 unspecified atom stereocenters. The van der Waals surface area contributed by atoms with Crippen molar-refractivity contribution in [2.75, 3.05) is 18.5 Å². The zero-order chi connectivity index (χ0) is 14.5. The van der Waals surface area contributed by atoms with Gasteiger partial charge < -0.3 is 20.1 Å². The van der Waals surface area contributed by atoms with Crippen LogP contribution in [0.1, 0.15) is 5.56 Å². The second-order valence-corrected chi connectivity index (χ2v) is 4.77. The van der Waals surface area contributed by atoms with E-state index in [9.17, 15) is 0 Å². The van der Waals surface area contributed by atoms with Gasteiger partial charge in [0.2, 0.25) is 5.95 Å². The standard InChI is InChI=1S/C14H14N4O2S/c21-14(18-13-15-4-1-5-16-13)17-9-10-2-3-11-12(8-10)20-7-6-19-11/h1-5,8H,6-7,9H2,(H2,15,16,17,18,21). The van der Waals surface area contributed by atoms with Crippen molar-refractivity contribution in [3.05, 3.63) is 42.2 Å². The van der Waals surface area contributed by atoms with Crippen LogP contribution in [0.3, 0.4) is 0 Å². The van der Waals surface area contributed by atoms with Crippen molar-refractivity contribution in [3.63, 3.8) is 0 Å². The van der Waals surface area contributed by atoms with Crippen LogP contribution in [0.2, 0.25) is 0 Å². The van der Waals surface area contributed by atoms with Crippen molar-refractivity contribution in [2.24, 2.45) is 0 Å². The van der Waals surface area contributed by atoms with Crippen LogP contribution in [0.15, 0.2) is 36.7 Å². The molecule has 1 aromatic heterocycles. The number of anilines is 1. The highest BCUT2D eigenvalue weighted by molar-refractivity contribution is 7.80. The Morgan fingerprint density at radius 1 is 1.14 bits per heavy atom. The molecule has 0 atom stereocenters. The third-order valence-electron chi connectivity index (χ3n) is 2.85. The van der Waals surface area contributed by atoms with Crippen LogP contribution in [0, 0.1) is 0 Å². The van der Waals surface area contributed by atoms with Crippen molar-refractivity contribution in [3.8, 4) is 11.5 Å². The molecule has 1 aliphatic heterocycles. The number of hydrogen-bond acceptors (Lipinski definition) is 5. The number of rotatable bonds is 3. The molecule has 7 heteroatoms. The first-order valence-corrected chi connectivity index (χ1v) is 6.92. The van der Waals surface area contributed by atoms with Gasteiger partial charge in [-0.15, -0.1) is 0 Å². The van der Waals surface area contributed by atoms with E-state index in [2.05, 4.69) is 20.6 Å². The Kier molecular flexibility index (Phi) is 4.11. The number of hydrogen-bond donors (Lipinski definition) is 2. The number of nitrogens with zero attached hydrogens (tertiary/aromatic N) is 2. The maximum atomic E-state index is 5.55. The smallest absolute Gasteiger partial charge is 0.228 e. The Labute approximate surface area is 127 Å². The van der Waals surface area contributed by atoms with Crippen LogP contribution in [-0.4, -0.2) is 28.3 Å². The average molecular weight is 302 g/mol. The summed E-state index contributed by atoms with van der Waals surface area (Å²) in [6, 6.07) is 7.57. The molecule has 0 saturated heterocycles. The second-order valence-electron chi connectivity index (χ2n) is 4.36. The molecule has 6 nitrogen and oxygen atoms in total. The highest BCUT2D eigenvalue weighted by atomic mass is 32.1. The van der Waals surface area contributed by atoms with E-state index in [4.69, 9.17) is 21.7 Å². The molecule has 2 N–H and O–H groups in total. The van der Waals surface area contributed by atoms with Gasteiger partial charge >= 0.3 is 0 Å². The third kappa shape index (κ3) is 3.57. The summed E-state index contributed by atoms with van der Waals surface area (Å²) in [5.74, 6) is 2.02. The van der Waals surface area contributed by atoms with Gasteiger partial charge in [-0.2, -0.15) is 0 Å². The maximum absolute atomic E-state index is 5.55. The molecule has 0 aliphatic carbocycles. The molecule has 1 aliphatic rings. The number of thiocarbonyl (C=S) groups is 1. The fourth-order valence-electron chi connectivity index (χ4n) is 1.89. The summed E-state index contributed by atoms with van der Waals surface area (Å²) in [5.41, 5.74) is 1.05. The molecule has 0 amide bonds. The quantitative estimate of drug-likeness (QED) is 0.837. The van der Waals surface area contributed by atoms with E-state index in [1.165, 1.54) is 0 Å². The van der Waals surface area contributed by atoms with Gasteiger partial charge in [0.15, 0.2) is 16.6 Å². The number of fused-ring (bicyclic) bond motifs is 1. The highest BCUT2D eigenvalue weighted by Crippen LogP contribution is 2.30. The molecule has 2 heterocycles. The lowest BCUT2D eigenvalue weighted by atomic mass is 10.2. The fraction of sp³-hybridized carbons (Fsp3) is 0.214. The normalized spacial score (nSPS) is 12.6. The second kappa shape index (κ2) is 6.36. The van der Waals surface area contributed by atoms with Crippen LogP contribution in [0.5, 0.6) is 11.5 Å². The van der Waals surface area contributed by atoms with Gasteiger partial charge in [-0.25, -0.2) is 9.97 Å². The first-order valence-electron chi connectivity index (χ1n) is 6.52. The minimum Gasteiger partial charge on any atom is -0.486 e. The van der Waals surface area contributed by atoms with Crippen LogP contribution in [0.4, 0.5) is 5.95 Å². The minimum atomic E-state index is 0.469. The Bertz CT molecular complexity index is 636. The molecule has 0 fully saturated rings. The summed E-state index contributed by atoms with van der Waals surface area (Å²) < 4.78 is 11.0. The maximum Gasteiger partial charge on any atom is 0.228 e. The summed E-state index contributed by atoms with van der Waals surface area (Å²) in [7, 11) is 0. The van der Waals surface area contributed by atoms with Crippen molar-refractivity contribution < 1.29 is 9.47 Å². The molecule has 1 aromatic carbocycles. The van der Waals surface area contributed by atoms with Crippen LogP contribution in [0.25, 0.3) is 0 Å². The Morgan fingerprint density at radius 3 is 2.71 bits per heavy atom. The Balaban J connectivity index is 1.56. The zero-order valence-electron chi connectivity index (χ0n) is 11.2. The first kappa shape index (κ1) is 13.6. The molecule has 0 saturated carbocycles. The molecular weight excluding hydrogens is 288 g/mol. The minimum absolute atomic E-state index is 0.469. The largest absolute Gasteiger partial charge is 0.486 e. The van der Waals surface area contributed by atoms with Crippen molar-refractivity contribution in [2.45, 2.75) is 6.54 Å². The summed E-state index contributed by atoms with van der Waals surface area (Å²) in [6.07, 6.45) is 3.30. The lowest BCUT2D eigenvalue weighted by Gasteiger charge is -2.19. The molecule has 3 rings (SSSR count). The predicted molar refractivity (Wildman–Crippen MR) is 82.5 cm³/mol. The van der Waals surface area contributed by atoms with E-state index in [1.807, 2.05) is 18.2 Å². The molecule has 0 radical (unpaired) electrons. The zero-order valence-corrected chi connectivity index (χ0v) is 12.0. The molecule has 0 bridgehead atoms. The van der Waals surface area contributed by atoms with E-state index < -0.39 is 0 Å². The van der Waals surface area contributed by atoms with E-state index >= 15 is 0 Å². The number of nitrogens with one attached hydrogen (secondary N) is 2. The van der Waals surface area contributed by atoms with Crippen molar-refractivity contribution >= 4 is 23.3 Å². The van der Waals surface area contributed by atoms with Gasteiger partial charge in [0.05, 0.1) is 0 Å². The fourth-order valence-corrected chi connectivity index (χ4v) is 2.05. The predicted octanol–water partition coefficient (Wildman–Crippen LogP) is 1.73. The number of ether oxygens (including phenoxy) is 2. The summed E-state index contributed by atoms with van der Waals surface area (Å²) >= 11 is 5.20. The number of benzene rings is 1. The lowest BCUT2D eigenvalue weighted by molar-refractivity contribution is 0.171. The average Bonchev–Trinajstić information content (AvgIpc) is 2.54. The summed E-state index contributed by atoms with van der Waals surface area (Å²) in [4.78, 5) is 8.09. The van der Waals surface area contributed by atoms with E-state index in [0.717, 1.165) is 17.1 Å². The lowest BCUT2D eigenvalue weighted by Crippen LogP contribution is -2.28. The molecule has 0 spiro atoms. The third-order valence-corrected chi connectivity index (χ3v) is 3.10. The van der Waals surface area contributed by atoms with Gasteiger partial charge in [0.25, 0.3) is 0 Å². The Morgan fingerprint density at radius 2 is 1.90 bits per heavy atom. The van der Waals surface area contributed by atoms with Gasteiger partial charge in [-0.05, 0) is 36.0 Å². The van der Waals surface area contributed by atoms with Crippen LogP contribution >= 0.6 is 12.2 Å². The van der Waals surface area contributed by atoms with Crippen LogP contribution < -0.4 is 20.1 Å². The van der Waals surface area contributed by atoms with Gasteiger partial charge in [0, 0.05) is 18.9 Å². The first-order chi connectivity index (χ1) is 10.3. The SMILES string of the molecule is S=C(NCc1ccc2c(c1)OCCO2)Nc1ncccn1. The molecular formula is C14H14N4O2S. The monoisotopic (exact) mass is 302 g/mol. The van der Waals surface area contributed by atoms with Gasteiger partial charge in [0.1, 0.15) is 13.2 Å². The van der Waals surface area contributed by atoms with Crippen molar-refractivity contribution in [1.82, 2.24) is 15.3 Å². The van der Waals surface area contributed by atoms with Gasteiger partial charge in [-0.3, -0.25) is 0 Å². The number of aromatic nitrogens is 2. The van der Waals surface area contributed by atoms with Crippen LogP contribution in [-0.2, 0) is 6.54 Å². The topological polar surface area (TPSA) is 68.3 Å².